The summed E-state index contributed by atoms with van der Waals surface area (Å²) >= 11 is 1.80. The molecular formula is C12H20N4OS. The molecule has 1 rings (SSSR count). The molecule has 6 heteroatoms. The van der Waals surface area contributed by atoms with Crippen molar-refractivity contribution in [2.75, 3.05) is 23.4 Å². The van der Waals surface area contributed by atoms with E-state index in [1.807, 2.05) is 13.8 Å². The third-order valence-corrected chi connectivity index (χ3v) is 3.34. The standard InChI is InChI=1S/C12H20N4OS/c1-4-13-11-7-14-10(6-15-11)12(17)16-9(3)8-18-5-2/h6-7,9H,4-5,8H2,1-3H3,(H,13,15)(H,16,17). The van der Waals surface area contributed by atoms with E-state index in [1.54, 1.807) is 18.0 Å². The Morgan fingerprint density at radius 1 is 1.39 bits per heavy atom. The number of nitrogens with zero attached hydrogens (tertiary/aromatic N) is 2. The van der Waals surface area contributed by atoms with Crippen LogP contribution in [-0.2, 0) is 0 Å². The van der Waals surface area contributed by atoms with Crippen molar-refractivity contribution < 1.29 is 4.79 Å². The highest BCUT2D eigenvalue weighted by molar-refractivity contribution is 7.99. The quantitative estimate of drug-likeness (QED) is 0.789. The van der Waals surface area contributed by atoms with Crippen molar-refractivity contribution in [1.29, 1.82) is 0 Å². The average molecular weight is 268 g/mol. The molecule has 0 radical (unpaired) electrons. The van der Waals surface area contributed by atoms with E-state index >= 15 is 0 Å². The van der Waals surface area contributed by atoms with Crippen LogP contribution in [0.5, 0.6) is 0 Å². The summed E-state index contributed by atoms with van der Waals surface area (Å²) in [7, 11) is 0. The second-order valence-electron chi connectivity index (χ2n) is 3.85. The lowest BCUT2D eigenvalue weighted by molar-refractivity contribution is 0.0938. The molecule has 0 aliphatic heterocycles. The van der Waals surface area contributed by atoms with Crippen LogP contribution in [0.3, 0.4) is 0 Å². The summed E-state index contributed by atoms with van der Waals surface area (Å²) in [6, 6.07) is 0.137. The smallest absolute Gasteiger partial charge is 0.271 e. The van der Waals surface area contributed by atoms with Gasteiger partial charge in [-0.2, -0.15) is 11.8 Å². The molecule has 1 atom stereocenters. The van der Waals surface area contributed by atoms with Gasteiger partial charge >= 0.3 is 0 Å². The summed E-state index contributed by atoms with van der Waals surface area (Å²) in [4.78, 5) is 20.1. The van der Waals surface area contributed by atoms with Crippen molar-refractivity contribution in [3.63, 3.8) is 0 Å². The topological polar surface area (TPSA) is 66.9 Å². The lowest BCUT2D eigenvalue weighted by atomic mass is 10.3. The maximum Gasteiger partial charge on any atom is 0.271 e. The van der Waals surface area contributed by atoms with Crippen LogP contribution in [0.4, 0.5) is 5.82 Å². The molecule has 5 nitrogen and oxygen atoms in total. The van der Waals surface area contributed by atoms with Crippen molar-refractivity contribution in [3.05, 3.63) is 18.1 Å². The van der Waals surface area contributed by atoms with Crippen molar-refractivity contribution in [2.24, 2.45) is 0 Å². The minimum atomic E-state index is -0.172. The Hall–Kier alpha value is -1.30. The van der Waals surface area contributed by atoms with Gasteiger partial charge in [-0.1, -0.05) is 6.92 Å². The first-order valence-electron chi connectivity index (χ1n) is 6.11. The summed E-state index contributed by atoms with van der Waals surface area (Å²) in [6.45, 7) is 6.85. The van der Waals surface area contributed by atoms with Gasteiger partial charge in [0.05, 0.1) is 12.4 Å². The molecule has 1 aromatic heterocycles. The maximum atomic E-state index is 11.8. The predicted molar refractivity (Wildman–Crippen MR) is 76.1 cm³/mol. The number of amides is 1. The third kappa shape index (κ3) is 4.91. The van der Waals surface area contributed by atoms with E-state index in [9.17, 15) is 4.79 Å². The van der Waals surface area contributed by atoms with E-state index in [0.717, 1.165) is 18.1 Å². The van der Waals surface area contributed by atoms with Gasteiger partial charge in [0, 0.05) is 18.3 Å². The van der Waals surface area contributed by atoms with E-state index in [4.69, 9.17) is 0 Å². The lowest BCUT2D eigenvalue weighted by Gasteiger charge is -2.12. The molecule has 0 aliphatic carbocycles. The Bertz CT molecular complexity index is 369. The van der Waals surface area contributed by atoms with E-state index < -0.39 is 0 Å². The van der Waals surface area contributed by atoms with Crippen molar-refractivity contribution >= 4 is 23.5 Å². The van der Waals surface area contributed by atoms with Crippen LogP contribution in [0.2, 0.25) is 0 Å². The molecule has 1 amide bonds. The van der Waals surface area contributed by atoms with Gasteiger partial charge in [-0.15, -0.1) is 0 Å². The molecule has 0 saturated carbocycles. The Kier molecular flexibility index (Phi) is 6.49. The summed E-state index contributed by atoms with van der Waals surface area (Å²) in [5, 5.41) is 5.93. The second kappa shape index (κ2) is 7.92. The third-order valence-electron chi connectivity index (χ3n) is 2.19. The van der Waals surface area contributed by atoms with Crippen LogP contribution in [0.15, 0.2) is 12.4 Å². The number of nitrogens with one attached hydrogen (secondary N) is 2. The number of carbonyl (C=O) groups is 1. The van der Waals surface area contributed by atoms with Crippen molar-refractivity contribution in [1.82, 2.24) is 15.3 Å². The van der Waals surface area contributed by atoms with Gasteiger partial charge in [-0.3, -0.25) is 4.79 Å². The van der Waals surface area contributed by atoms with Crippen molar-refractivity contribution in [3.8, 4) is 0 Å². The molecule has 0 aliphatic rings. The minimum absolute atomic E-state index is 0.137. The zero-order valence-corrected chi connectivity index (χ0v) is 11.9. The minimum Gasteiger partial charge on any atom is -0.369 e. The number of carbonyl (C=O) groups excluding carboxylic acids is 1. The van der Waals surface area contributed by atoms with E-state index in [2.05, 4.69) is 27.5 Å². The summed E-state index contributed by atoms with van der Waals surface area (Å²) in [5.74, 6) is 2.47. The molecule has 0 fully saturated rings. The first-order valence-corrected chi connectivity index (χ1v) is 7.27. The van der Waals surface area contributed by atoms with Gasteiger partial charge in [0.15, 0.2) is 0 Å². The highest BCUT2D eigenvalue weighted by Gasteiger charge is 2.11. The van der Waals surface area contributed by atoms with E-state index in [1.165, 1.54) is 6.20 Å². The fraction of sp³-hybridized carbons (Fsp3) is 0.583. The van der Waals surface area contributed by atoms with Crippen LogP contribution in [-0.4, -0.2) is 40.0 Å². The van der Waals surface area contributed by atoms with Crippen LogP contribution in [0.1, 0.15) is 31.3 Å². The molecule has 18 heavy (non-hydrogen) atoms. The average Bonchev–Trinajstić information content (AvgIpc) is 2.37. The zero-order chi connectivity index (χ0) is 13.4. The fourth-order valence-corrected chi connectivity index (χ4v) is 2.02. The SMILES string of the molecule is CCNc1cnc(C(=O)NC(C)CSCC)cn1. The number of hydrogen-bond acceptors (Lipinski definition) is 5. The normalized spacial score (nSPS) is 11.9. The number of aromatic nitrogens is 2. The van der Waals surface area contributed by atoms with Crippen LogP contribution >= 0.6 is 11.8 Å². The monoisotopic (exact) mass is 268 g/mol. The molecule has 100 valence electrons. The summed E-state index contributed by atoms with van der Waals surface area (Å²) in [5.41, 5.74) is 0.352. The molecule has 0 aromatic carbocycles. The Balaban J connectivity index is 2.50. The van der Waals surface area contributed by atoms with Gasteiger partial charge in [0.1, 0.15) is 11.5 Å². The molecule has 0 spiro atoms. The molecule has 2 N–H and O–H groups in total. The van der Waals surface area contributed by atoms with Gasteiger partial charge in [-0.25, -0.2) is 9.97 Å². The summed E-state index contributed by atoms with van der Waals surface area (Å²) < 4.78 is 0. The van der Waals surface area contributed by atoms with Gasteiger partial charge < -0.3 is 10.6 Å². The molecule has 1 unspecified atom stereocenters. The first-order chi connectivity index (χ1) is 8.67. The van der Waals surface area contributed by atoms with Gasteiger partial charge in [-0.05, 0) is 19.6 Å². The summed E-state index contributed by atoms with van der Waals surface area (Å²) in [6.07, 6.45) is 3.07. The zero-order valence-electron chi connectivity index (χ0n) is 11.1. The lowest BCUT2D eigenvalue weighted by Crippen LogP contribution is -2.34. The number of anilines is 1. The Morgan fingerprint density at radius 3 is 2.72 bits per heavy atom. The molecule has 0 bridgehead atoms. The van der Waals surface area contributed by atoms with E-state index in [-0.39, 0.29) is 11.9 Å². The molecular weight excluding hydrogens is 248 g/mol. The highest BCUT2D eigenvalue weighted by Crippen LogP contribution is 2.04. The maximum absolute atomic E-state index is 11.8. The van der Waals surface area contributed by atoms with Crippen LogP contribution in [0, 0.1) is 0 Å². The number of thioether (sulfide) groups is 1. The Labute approximate surface area is 112 Å². The Morgan fingerprint density at radius 2 is 2.17 bits per heavy atom. The first kappa shape index (κ1) is 14.8. The molecule has 1 heterocycles. The largest absolute Gasteiger partial charge is 0.369 e. The number of rotatable bonds is 7. The van der Waals surface area contributed by atoms with Gasteiger partial charge in [0.2, 0.25) is 0 Å². The predicted octanol–water partition coefficient (Wildman–Crippen LogP) is 1.78. The fourth-order valence-electron chi connectivity index (χ4n) is 1.35. The second-order valence-corrected chi connectivity index (χ2v) is 5.17. The van der Waals surface area contributed by atoms with Crippen LogP contribution in [0.25, 0.3) is 0 Å². The van der Waals surface area contributed by atoms with E-state index in [0.29, 0.717) is 11.5 Å². The molecule has 1 aromatic rings. The van der Waals surface area contributed by atoms with Crippen LogP contribution < -0.4 is 10.6 Å². The van der Waals surface area contributed by atoms with Crippen molar-refractivity contribution in [2.45, 2.75) is 26.8 Å². The number of hydrogen-bond donors (Lipinski definition) is 2. The highest BCUT2D eigenvalue weighted by atomic mass is 32.2. The van der Waals surface area contributed by atoms with Gasteiger partial charge in [0.25, 0.3) is 5.91 Å². The molecule has 0 saturated heterocycles.